The maximum absolute atomic E-state index is 12.3. The lowest BCUT2D eigenvalue weighted by Gasteiger charge is -2.09. The minimum absolute atomic E-state index is 0.199. The van der Waals surface area contributed by atoms with Crippen molar-refractivity contribution in [1.82, 2.24) is 5.32 Å². The van der Waals surface area contributed by atoms with Gasteiger partial charge >= 0.3 is 5.97 Å². The van der Waals surface area contributed by atoms with Crippen LogP contribution in [0, 0.1) is 0 Å². The van der Waals surface area contributed by atoms with Gasteiger partial charge in [-0.25, -0.2) is 4.79 Å². The number of nitrogens with one attached hydrogen (secondary N) is 1. The van der Waals surface area contributed by atoms with Crippen LogP contribution in [0.3, 0.4) is 0 Å². The summed E-state index contributed by atoms with van der Waals surface area (Å²) >= 11 is 0. The molecule has 0 unspecified atom stereocenters. The van der Waals surface area contributed by atoms with Crippen molar-refractivity contribution in [2.24, 2.45) is 0 Å². The second kappa shape index (κ2) is 14.1. The Balaban J connectivity index is 2.21. The second-order valence-corrected chi connectivity index (χ2v) is 6.70. The maximum Gasteiger partial charge on any atom is 0.329 e. The molecule has 0 radical (unpaired) electrons. The lowest BCUT2D eigenvalue weighted by Crippen LogP contribution is -2.25. The SMILES string of the molecule is CCCCCCCCCCCCNC(=O)/C(=C\C(=O)O)c1ccccc1. The van der Waals surface area contributed by atoms with E-state index in [0.717, 1.165) is 18.9 Å². The van der Waals surface area contributed by atoms with E-state index >= 15 is 0 Å². The van der Waals surface area contributed by atoms with Crippen LogP contribution < -0.4 is 5.32 Å². The zero-order valence-corrected chi connectivity index (χ0v) is 16.0. The third-order valence-corrected chi connectivity index (χ3v) is 4.41. The van der Waals surface area contributed by atoms with Crippen molar-refractivity contribution in [3.05, 3.63) is 42.0 Å². The summed E-state index contributed by atoms with van der Waals surface area (Å²) in [5.41, 5.74) is 0.820. The van der Waals surface area contributed by atoms with Crippen molar-refractivity contribution in [2.75, 3.05) is 6.54 Å². The average molecular weight is 360 g/mol. The summed E-state index contributed by atoms with van der Waals surface area (Å²) in [5, 5.41) is 11.8. The van der Waals surface area contributed by atoms with Gasteiger partial charge in [-0.1, -0.05) is 95.0 Å². The molecule has 26 heavy (non-hydrogen) atoms. The normalized spacial score (nSPS) is 11.3. The van der Waals surface area contributed by atoms with Gasteiger partial charge in [0.2, 0.25) is 0 Å². The van der Waals surface area contributed by atoms with Gasteiger partial charge in [0.25, 0.3) is 5.91 Å². The van der Waals surface area contributed by atoms with Crippen LogP contribution in [0.1, 0.15) is 76.7 Å². The monoisotopic (exact) mass is 359 g/mol. The number of amides is 1. The number of carboxylic acid groups (broad SMARTS) is 1. The Bertz CT molecular complexity index is 552. The fraction of sp³-hybridized carbons (Fsp3) is 0.545. The number of carbonyl (C=O) groups excluding carboxylic acids is 1. The summed E-state index contributed by atoms with van der Waals surface area (Å²) in [6, 6.07) is 8.91. The molecular formula is C22H33NO3. The van der Waals surface area contributed by atoms with Gasteiger partial charge in [0.05, 0.1) is 5.57 Å². The number of carbonyl (C=O) groups is 2. The highest BCUT2D eigenvalue weighted by Gasteiger charge is 2.12. The molecule has 0 aliphatic rings. The molecule has 2 N–H and O–H groups in total. The van der Waals surface area contributed by atoms with Crippen LogP contribution in [-0.4, -0.2) is 23.5 Å². The molecule has 0 fully saturated rings. The highest BCUT2D eigenvalue weighted by molar-refractivity contribution is 6.22. The lowest BCUT2D eigenvalue weighted by atomic mass is 10.0. The first-order valence-electron chi connectivity index (χ1n) is 9.93. The summed E-state index contributed by atoms with van der Waals surface area (Å²) in [6.45, 7) is 2.82. The first-order valence-corrected chi connectivity index (χ1v) is 9.93. The van der Waals surface area contributed by atoms with Crippen LogP contribution in [0.15, 0.2) is 36.4 Å². The molecule has 0 saturated carbocycles. The molecule has 4 heteroatoms. The largest absolute Gasteiger partial charge is 0.478 e. The van der Waals surface area contributed by atoms with Crippen molar-refractivity contribution >= 4 is 17.4 Å². The number of benzene rings is 1. The fourth-order valence-corrected chi connectivity index (χ4v) is 2.93. The van der Waals surface area contributed by atoms with Crippen LogP contribution in [0.2, 0.25) is 0 Å². The highest BCUT2D eigenvalue weighted by atomic mass is 16.4. The van der Waals surface area contributed by atoms with Crippen LogP contribution in [0.4, 0.5) is 0 Å². The van der Waals surface area contributed by atoms with Crippen molar-refractivity contribution in [3.8, 4) is 0 Å². The minimum Gasteiger partial charge on any atom is -0.478 e. The Labute approximate surface area is 157 Å². The van der Waals surface area contributed by atoms with E-state index < -0.39 is 5.97 Å². The third-order valence-electron chi connectivity index (χ3n) is 4.41. The molecule has 0 aromatic heterocycles. The summed E-state index contributed by atoms with van der Waals surface area (Å²) < 4.78 is 0. The molecule has 0 aliphatic heterocycles. The number of carboxylic acids is 1. The maximum atomic E-state index is 12.3. The first-order chi connectivity index (χ1) is 12.6. The van der Waals surface area contributed by atoms with Crippen molar-refractivity contribution in [2.45, 2.75) is 71.1 Å². The van der Waals surface area contributed by atoms with Gasteiger partial charge in [-0.05, 0) is 12.0 Å². The van der Waals surface area contributed by atoms with Crippen molar-refractivity contribution < 1.29 is 14.7 Å². The number of rotatable bonds is 14. The van der Waals surface area contributed by atoms with E-state index in [2.05, 4.69) is 12.2 Å². The van der Waals surface area contributed by atoms with Crippen LogP contribution in [0.25, 0.3) is 5.57 Å². The van der Waals surface area contributed by atoms with Crippen molar-refractivity contribution in [1.29, 1.82) is 0 Å². The Morgan fingerprint density at radius 1 is 0.885 bits per heavy atom. The summed E-state index contributed by atoms with van der Waals surface area (Å²) in [7, 11) is 0. The van der Waals surface area contributed by atoms with Gasteiger partial charge in [-0.2, -0.15) is 0 Å². The zero-order valence-electron chi connectivity index (χ0n) is 16.0. The second-order valence-electron chi connectivity index (χ2n) is 6.70. The predicted molar refractivity (Wildman–Crippen MR) is 107 cm³/mol. The van der Waals surface area contributed by atoms with Gasteiger partial charge in [0.1, 0.15) is 0 Å². The summed E-state index contributed by atoms with van der Waals surface area (Å²) in [4.78, 5) is 23.3. The molecule has 0 spiro atoms. The van der Waals surface area contributed by atoms with E-state index in [1.54, 1.807) is 24.3 Å². The van der Waals surface area contributed by atoms with Crippen LogP contribution in [0.5, 0.6) is 0 Å². The zero-order chi connectivity index (χ0) is 19.0. The smallest absolute Gasteiger partial charge is 0.329 e. The highest BCUT2D eigenvalue weighted by Crippen LogP contribution is 2.14. The standard InChI is InChI=1S/C22H33NO3/c1-2-3-4-5-6-7-8-9-10-14-17-23-22(26)20(18-21(24)25)19-15-12-11-13-16-19/h11-13,15-16,18H,2-10,14,17H2,1H3,(H,23,26)(H,24,25)/b20-18-. The third kappa shape index (κ3) is 10.0. The summed E-state index contributed by atoms with van der Waals surface area (Å²) in [6.07, 6.45) is 13.4. The average Bonchev–Trinajstić information content (AvgIpc) is 2.64. The molecule has 0 bridgehead atoms. The molecule has 0 heterocycles. The Hall–Kier alpha value is -2.10. The molecule has 1 rings (SSSR count). The lowest BCUT2D eigenvalue weighted by molar-refractivity contribution is -0.131. The molecule has 1 aromatic rings. The van der Waals surface area contributed by atoms with E-state index in [4.69, 9.17) is 5.11 Å². The van der Waals surface area contributed by atoms with Gasteiger partial charge in [-0.3, -0.25) is 4.79 Å². The van der Waals surface area contributed by atoms with Crippen molar-refractivity contribution in [3.63, 3.8) is 0 Å². The number of hydrogen-bond acceptors (Lipinski definition) is 2. The molecular weight excluding hydrogens is 326 g/mol. The summed E-state index contributed by atoms with van der Waals surface area (Å²) in [5.74, 6) is -1.44. The minimum atomic E-state index is -1.11. The molecule has 4 nitrogen and oxygen atoms in total. The van der Waals surface area contributed by atoms with E-state index in [0.29, 0.717) is 12.1 Å². The van der Waals surface area contributed by atoms with Crippen LogP contribution >= 0.6 is 0 Å². The molecule has 0 saturated heterocycles. The van der Waals surface area contributed by atoms with E-state index in [9.17, 15) is 9.59 Å². The van der Waals surface area contributed by atoms with E-state index in [1.165, 1.54) is 51.4 Å². The van der Waals surface area contributed by atoms with E-state index in [-0.39, 0.29) is 11.5 Å². The number of aliphatic carboxylic acids is 1. The van der Waals surface area contributed by atoms with Gasteiger partial charge < -0.3 is 10.4 Å². The molecule has 144 valence electrons. The predicted octanol–water partition coefficient (Wildman–Crippen LogP) is 5.19. The van der Waals surface area contributed by atoms with E-state index in [1.807, 2.05) is 6.07 Å². The molecule has 0 aliphatic carbocycles. The molecule has 1 aromatic carbocycles. The van der Waals surface area contributed by atoms with Gasteiger partial charge in [0, 0.05) is 12.6 Å². The number of hydrogen-bond donors (Lipinski definition) is 2. The van der Waals surface area contributed by atoms with Crippen LogP contribution in [-0.2, 0) is 9.59 Å². The molecule has 0 atom stereocenters. The Morgan fingerprint density at radius 2 is 1.42 bits per heavy atom. The number of unbranched alkanes of at least 4 members (excludes halogenated alkanes) is 9. The van der Waals surface area contributed by atoms with Gasteiger partial charge in [-0.15, -0.1) is 0 Å². The molecule has 1 amide bonds. The first kappa shape index (κ1) is 21.9. The quantitative estimate of drug-likeness (QED) is 0.355. The Morgan fingerprint density at radius 3 is 1.96 bits per heavy atom. The van der Waals surface area contributed by atoms with Gasteiger partial charge in [0.15, 0.2) is 0 Å². The Kier molecular flexibility index (Phi) is 11.9. The topological polar surface area (TPSA) is 66.4 Å². The fourth-order valence-electron chi connectivity index (χ4n) is 2.93.